The highest BCUT2D eigenvalue weighted by Crippen LogP contribution is 2.15. The van der Waals surface area contributed by atoms with Crippen LogP contribution in [0.2, 0.25) is 0 Å². The Balaban J connectivity index is 1.75. The van der Waals surface area contributed by atoms with Crippen molar-refractivity contribution in [3.63, 3.8) is 0 Å². The largest absolute Gasteiger partial charge is 0.478 e. The molecule has 0 fully saturated rings. The summed E-state index contributed by atoms with van der Waals surface area (Å²) >= 11 is 0. The van der Waals surface area contributed by atoms with Gasteiger partial charge in [0.25, 0.3) is 0 Å². The van der Waals surface area contributed by atoms with E-state index in [-0.39, 0.29) is 5.56 Å². The van der Waals surface area contributed by atoms with Gasteiger partial charge in [0.2, 0.25) is 0 Å². The summed E-state index contributed by atoms with van der Waals surface area (Å²) in [5.74, 6) is -0.975. The molecule has 0 bridgehead atoms. The first-order chi connectivity index (χ1) is 10.2. The summed E-state index contributed by atoms with van der Waals surface area (Å²) in [7, 11) is 0. The van der Waals surface area contributed by atoms with Crippen molar-refractivity contribution in [2.75, 3.05) is 0 Å². The fourth-order valence-electron chi connectivity index (χ4n) is 1.97. The summed E-state index contributed by atoms with van der Waals surface area (Å²) in [6.45, 7) is 1.47. The number of carboxylic acid groups (broad SMARTS) is 1. The maximum absolute atomic E-state index is 11.0. The van der Waals surface area contributed by atoms with Crippen molar-refractivity contribution in [3.8, 4) is 11.4 Å². The number of pyridine rings is 1. The lowest BCUT2D eigenvalue weighted by Crippen LogP contribution is -2.05. The Morgan fingerprint density at radius 3 is 2.86 bits per heavy atom. The molecule has 0 spiro atoms. The fourth-order valence-corrected chi connectivity index (χ4v) is 1.97. The Labute approximate surface area is 120 Å². The Hall–Kier alpha value is -2.96. The van der Waals surface area contributed by atoms with E-state index >= 15 is 0 Å². The molecule has 0 unspecified atom stereocenters. The number of rotatable bonds is 5. The van der Waals surface area contributed by atoms with Gasteiger partial charge in [-0.25, -0.2) is 9.78 Å². The standard InChI is InChI=1S/C14H13N5O2/c20-14(21)11-2-4-15-12(8-11)13-9-18(10-16-13)6-7-19-5-1-3-17-19/h1-5,8-10H,6-7H2,(H,20,21). The first kappa shape index (κ1) is 13.0. The molecule has 7 heteroatoms. The van der Waals surface area contributed by atoms with Gasteiger partial charge in [-0.3, -0.25) is 9.67 Å². The molecular weight excluding hydrogens is 270 g/mol. The molecule has 3 rings (SSSR count). The topological polar surface area (TPSA) is 85.8 Å². The third kappa shape index (κ3) is 2.97. The lowest BCUT2D eigenvalue weighted by Gasteiger charge is -2.02. The van der Waals surface area contributed by atoms with Crippen LogP contribution in [-0.2, 0) is 13.1 Å². The van der Waals surface area contributed by atoms with Crippen LogP contribution >= 0.6 is 0 Å². The molecule has 0 amide bonds. The van der Waals surface area contributed by atoms with Crippen molar-refractivity contribution in [3.05, 3.63) is 54.9 Å². The average Bonchev–Trinajstić information content (AvgIpc) is 3.17. The Morgan fingerprint density at radius 1 is 1.19 bits per heavy atom. The van der Waals surface area contributed by atoms with Crippen molar-refractivity contribution in [2.24, 2.45) is 0 Å². The van der Waals surface area contributed by atoms with E-state index in [0.29, 0.717) is 11.4 Å². The van der Waals surface area contributed by atoms with Gasteiger partial charge in [-0.15, -0.1) is 0 Å². The number of aromatic carboxylic acids is 1. The lowest BCUT2D eigenvalue weighted by molar-refractivity contribution is 0.0697. The molecule has 0 aliphatic carbocycles. The summed E-state index contributed by atoms with van der Waals surface area (Å²) in [4.78, 5) is 19.4. The number of nitrogens with zero attached hydrogens (tertiary/aromatic N) is 5. The van der Waals surface area contributed by atoms with Crippen LogP contribution in [0.15, 0.2) is 49.3 Å². The van der Waals surface area contributed by atoms with Crippen LogP contribution in [0.25, 0.3) is 11.4 Å². The minimum atomic E-state index is -0.975. The van der Waals surface area contributed by atoms with Gasteiger partial charge in [0, 0.05) is 31.3 Å². The maximum atomic E-state index is 11.0. The molecule has 0 aliphatic rings. The minimum Gasteiger partial charge on any atom is -0.478 e. The van der Waals surface area contributed by atoms with Crippen LogP contribution in [-0.4, -0.2) is 35.4 Å². The van der Waals surface area contributed by atoms with E-state index in [9.17, 15) is 4.79 Å². The summed E-state index contributed by atoms with van der Waals surface area (Å²) in [6.07, 6.45) is 8.66. The zero-order valence-electron chi connectivity index (χ0n) is 11.1. The number of hydrogen-bond acceptors (Lipinski definition) is 4. The second-order valence-corrected chi connectivity index (χ2v) is 4.50. The zero-order valence-corrected chi connectivity index (χ0v) is 11.1. The Bertz CT molecular complexity index is 748. The Morgan fingerprint density at radius 2 is 2.10 bits per heavy atom. The van der Waals surface area contributed by atoms with Crippen LogP contribution in [0, 0.1) is 0 Å². The normalized spacial score (nSPS) is 10.7. The Kier molecular flexibility index (Phi) is 3.46. The number of aromatic nitrogens is 5. The van der Waals surface area contributed by atoms with Gasteiger partial charge in [-0.05, 0) is 18.2 Å². The number of carboxylic acids is 1. The fraction of sp³-hybridized carbons (Fsp3) is 0.143. The van der Waals surface area contributed by atoms with Crippen molar-refractivity contribution in [1.29, 1.82) is 0 Å². The summed E-state index contributed by atoms with van der Waals surface area (Å²) in [5.41, 5.74) is 1.40. The smallest absolute Gasteiger partial charge is 0.335 e. The highest BCUT2D eigenvalue weighted by molar-refractivity contribution is 5.88. The predicted octanol–water partition coefficient (Wildman–Crippen LogP) is 1.54. The van der Waals surface area contributed by atoms with E-state index in [4.69, 9.17) is 5.11 Å². The maximum Gasteiger partial charge on any atom is 0.335 e. The molecular formula is C14H13N5O2. The summed E-state index contributed by atoms with van der Waals surface area (Å²) in [6, 6.07) is 4.85. The van der Waals surface area contributed by atoms with Crippen molar-refractivity contribution in [1.82, 2.24) is 24.3 Å². The molecule has 0 radical (unpaired) electrons. The molecule has 106 valence electrons. The van der Waals surface area contributed by atoms with Crippen LogP contribution < -0.4 is 0 Å². The third-order valence-corrected chi connectivity index (χ3v) is 3.05. The van der Waals surface area contributed by atoms with E-state index < -0.39 is 5.97 Å². The second-order valence-electron chi connectivity index (χ2n) is 4.50. The number of imidazole rings is 1. The van der Waals surface area contributed by atoms with Gasteiger partial charge in [-0.2, -0.15) is 5.10 Å². The third-order valence-electron chi connectivity index (χ3n) is 3.05. The van der Waals surface area contributed by atoms with Gasteiger partial charge in [0.15, 0.2) is 0 Å². The van der Waals surface area contributed by atoms with Gasteiger partial charge < -0.3 is 9.67 Å². The molecule has 0 aromatic carbocycles. The predicted molar refractivity (Wildman–Crippen MR) is 74.6 cm³/mol. The van der Waals surface area contributed by atoms with Crippen molar-refractivity contribution < 1.29 is 9.90 Å². The molecule has 0 atom stereocenters. The second kappa shape index (κ2) is 5.58. The summed E-state index contributed by atoms with van der Waals surface area (Å²) < 4.78 is 3.76. The molecule has 0 aliphatic heterocycles. The SMILES string of the molecule is O=C(O)c1ccnc(-c2cn(CCn3cccn3)cn2)c1. The number of carbonyl (C=O) groups is 1. The average molecular weight is 283 g/mol. The van der Waals surface area contributed by atoms with Crippen LogP contribution in [0.4, 0.5) is 0 Å². The first-order valence-electron chi connectivity index (χ1n) is 6.41. The highest BCUT2D eigenvalue weighted by Gasteiger charge is 2.08. The molecule has 7 nitrogen and oxygen atoms in total. The summed E-state index contributed by atoms with van der Waals surface area (Å²) in [5, 5.41) is 13.1. The van der Waals surface area contributed by atoms with E-state index in [1.165, 1.54) is 18.3 Å². The first-order valence-corrected chi connectivity index (χ1v) is 6.41. The van der Waals surface area contributed by atoms with Crippen LogP contribution in [0.1, 0.15) is 10.4 Å². The molecule has 21 heavy (non-hydrogen) atoms. The number of aryl methyl sites for hydroxylation is 2. The lowest BCUT2D eigenvalue weighted by atomic mass is 10.2. The van der Waals surface area contributed by atoms with Crippen molar-refractivity contribution >= 4 is 5.97 Å². The van der Waals surface area contributed by atoms with E-state index in [1.807, 2.05) is 27.7 Å². The highest BCUT2D eigenvalue weighted by atomic mass is 16.4. The van der Waals surface area contributed by atoms with E-state index in [0.717, 1.165) is 13.1 Å². The molecule has 3 aromatic rings. The molecule has 1 N–H and O–H groups in total. The van der Waals surface area contributed by atoms with Crippen molar-refractivity contribution in [2.45, 2.75) is 13.1 Å². The van der Waals surface area contributed by atoms with Crippen LogP contribution in [0.3, 0.4) is 0 Å². The van der Waals surface area contributed by atoms with Gasteiger partial charge in [-0.1, -0.05) is 0 Å². The molecule has 3 aromatic heterocycles. The van der Waals surface area contributed by atoms with E-state index in [2.05, 4.69) is 15.1 Å². The minimum absolute atomic E-state index is 0.200. The molecule has 0 saturated carbocycles. The molecule has 0 saturated heterocycles. The zero-order chi connectivity index (χ0) is 14.7. The quantitative estimate of drug-likeness (QED) is 0.767. The molecule has 3 heterocycles. The van der Waals surface area contributed by atoms with Gasteiger partial charge >= 0.3 is 5.97 Å². The van der Waals surface area contributed by atoms with E-state index in [1.54, 1.807) is 12.5 Å². The van der Waals surface area contributed by atoms with Crippen LogP contribution in [0.5, 0.6) is 0 Å². The monoisotopic (exact) mass is 283 g/mol. The number of hydrogen-bond donors (Lipinski definition) is 1. The van der Waals surface area contributed by atoms with Gasteiger partial charge in [0.05, 0.1) is 24.1 Å². The van der Waals surface area contributed by atoms with Gasteiger partial charge in [0.1, 0.15) is 5.69 Å².